The van der Waals surface area contributed by atoms with Gasteiger partial charge < -0.3 is 14.9 Å². The minimum absolute atomic E-state index is 0.285. The molecule has 1 fully saturated rings. The Morgan fingerprint density at radius 3 is 2.84 bits per heavy atom. The SMILES string of the molecule is CN(C)CC1CC(O)CN1c1ccc(C#N)cc1Br. The summed E-state index contributed by atoms with van der Waals surface area (Å²) < 4.78 is 0.907. The van der Waals surface area contributed by atoms with Crippen LogP contribution < -0.4 is 4.90 Å². The zero-order valence-corrected chi connectivity index (χ0v) is 12.8. The van der Waals surface area contributed by atoms with Crippen LogP contribution in [0.5, 0.6) is 0 Å². The van der Waals surface area contributed by atoms with Gasteiger partial charge in [-0.3, -0.25) is 0 Å². The highest BCUT2D eigenvalue weighted by Crippen LogP contribution is 2.33. The molecule has 0 bridgehead atoms. The van der Waals surface area contributed by atoms with Gasteiger partial charge in [-0.2, -0.15) is 5.26 Å². The Kier molecular flexibility index (Phi) is 4.46. The number of β-amino-alcohol motifs (C(OH)–C–C–N with tert-alkyl or cyclic N) is 1. The van der Waals surface area contributed by atoms with E-state index in [4.69, 9.17) is 5.26 Å². The number of nitrogens with zero attached hydrogens (tertiary/aromatic N) is 3. The Hall–Kier alpha value is -1.09. The Morgan fingerprint density at radius 2 is 2.26 bits per heavy atom. The molecule has 0 aromatic heterocycles. The first-order valence-corrected chi connectivity index (χ1v) is 7.09. The molecule has 2 rings (SSSR count). The molecule has 2 unspecified atom stereocenters. The number of aliphatic hydroxyl groups is 1. The van der Waals surface area contributed by atoms with E-state index in [0.29, 0.717) is 18.2 Å². The van der Waals surface area contributed by atoms with E-state index < -0.39 is 0 Å². The quantitative estimate of drug-likeness (QED) is 0.921. The maximum Gasteiger partial charge on any atom is 0.0992 e. The normalized spacial score (nSPS) is 22.8. The van der Waals surface area contributed by atoms with Crippen molar-refractivity contribution in [2.45, 2.75) is 18.6 Å². The van der Waals surface area contributed by atoms with Crippen molar-refractivity contribution >= 4 is 21.6 Å². The van der Waals surface area contributed by atoms with E-state index in [9.17, 15) is 5.11 Å². The minimum atomic E-state index is -0.285. The van der Waals surface area contributed by atoms with Crippen LogP contribution in [-0.2, 0) is 0 Å². The Labute approximate surface area is 122 Å². The molecule has 0 amide bonds. The van der Waals surface area contributed by atoms with Crippen LogP contribution in [0.1, 0.15) is 12.0 Å². The van der Waals surface area contributed by atoms with Crippen LogP contribution in [0.2, 0.25) is 0 Å². The number of likely N-dealkylation sites (N-methyl/N-ethyl adjacent to an activating group) is 1. The van der Waals surface area contributed by atoms with Gasteiger partial charge in [0.1, 0.15) is 0 Å². The zero-order chi connectivity index (χ0) is 14.0. The lowest BCUT2D eigenvalue weighted by atomic mass is 10.1. The van der Waals surface area contributed by atoms with Crippen LogP contribution in [0.15, 0.2) is 22.7 Å². The first kappa shape index (κ1) is 14.3. The molecule has 0 saturated carbocycles. The van der Waals surface area contributed by atoms with Gasteiger partial charge in [-0.25, -0.2) is 0 Å². The highest BCUT2D eigenvalue weighted by molar-refractivity contribution is 9.10. The smallest absolute Gasteiger partial charge is 0.0992 e. The maximum atomic E-state index is 9.91. The molecular weight excluding hydrogens is 306 g/mol. The summed E-state index contributed by atoms with van der Waals surface area (Å²) in [6, 6.07) is 8.02. The lowest BCUT2D eigenvalue weighted by molar-refractivity contribution is 0.191. The molecule has 4 nitrogen and oxygen atoms in total. The van der Waals surface area contributed by atoms with Crippen molar-refractivity contribution in [2.75, 3.05) is 32.1 Å². The number of hydrogen-bond donors (Lipinski definition) is 1. The molecule has 1 heterocycles. The largest absolute Gasteiger partial charge is 0.391 e. The maximum absolute atomic E-state index is 9.91. The molecule has 1 saturated heterocycles. The molecule has 1 aromatic carbocycles. The van der Waals surface area contributed by atoms with Crippen molar-refractivity contribution in [1.29, 1.82) is 5.26 Å². The van der Waals surface area contributed by atoms with Crippen molar-refractivity contribution in [2.24, 2.45) is 0 Å². The second kappa shape index (κ2) is 5.91. The second-order valence-corrected chi connectivity index (χ2v) is 6.09. The monoisotopic (exact) mass is 323 g/mol. The number of hydrogen-bond acceptors (Lipinski definition) is 4. The molecule has 1 aliphatic rings. The summed E-state index contributed by atoms with van der Waals surface area (Å²) >= 11 is 3.52. The average molecular weight is 324 g/mol. The van der Waals surface area contributed by atoms with E-state index in [1.165, 1.54) is 0 Å². The van der Waals surface area contributed by atoms with E-state index in [2.05, 4.69) is 31.8 Å². The third-order valence-electron chi connectivity index (χ3n) is 3.35. The van der Waals surface area contributed by atoms with E-state index >= 15 is 0 Å². The van der Waals surface area contributed by atoms with Gasteiger partial charge in [0, 0.05) is 23.6 Å². The number of rotatable bonds is 3. The van der Waals surface area contributed by atoms with Gasteiger partial charge in [0.25, 0.3) is 0 Å². The molecule has 102 valence electrons. The predicted octanol–water partition coefficient (Wildman–Crippen LogP) is 1.82. The van der Waals surface area contributed by atoms with E-state index in [0.717, 1.165) is 23.1 Å². The summed E-state index contributed by atoms with van der Waals surface area (Å²) in [4.78, 5) is 4.35. The van der Waals surface area contributed by atoms with Crippen molar-refractivity contribution < 1.29 is 5.11 Å². The third kappa shape index (κ3) is 3.27. The van der Waals surface area contributed by atoms with Crippen LogP contribution in [0.25, 0.3) is 0 Å². The molecule has 1 aliphatic heterocycles. The molecule has 1 N–H and O–H groups in total. The fourth-order valence-corrected chi connectivity index (χ4v) is 3.20. The second-order valence-electron chi connectivity index (χ2n) is 5.24. The van der Waals surface area contributed by atoms with Crippen LogP contribution in [0.4, 0.5) is 5.69 Å². The number of aliphatic hydroxyl groups excluding tert-OH is 1. The van der Waals surface area contributed by atoms with Gasteiger partial charge in [-0.1, -0.05) is 0 Å². The zero-order valence-electron chi connectivity index (χ0n) is 11.2. The van der Waals surface area contributed by atoms with E-state index in [-0.39, 0.29) is 6.10 Å². The molecule has 5 heteroatoms. The third-order valence-corrected chi connectivity index (χ3v) is 3.99. The van der Waals surface area contributed by atoms with Gasteiger partial charge in [-0.15, -0.1) is 0 Å². The summed E-state index contributed by atoms with van der Waals surface area (Å²) in [5.74, 6) is 0. The van der Waals surface area contributed by atoms with Crippen molar-refractivity contribution in [3.05, 3.63) is 28.2 Å². The molecule has 0 radical (unpaired) electrons. The molecule has 19 heavy (non-hydrogen) atoms. The van der Waals surface area contributed by atoms with E-state index in [1.54, 1.807) is 0 Å². The fraction of sp³-hybridized carbons (Fsp3) is 0.500. The topological polar surface area (TPSA) is 50.5 Å². The first-order valence-electron chi connectivity index (χ1n) is 6.30. The van der Waals surface area contributed by atoms with E-state index in [1.807, 2.05) is 32.3 Å². The molecule has 1 aromatic rings. The van der Waals surface area contributed by atoms with Gasteiger partial charge in [-0.05, 0) is 54.6 Å². The van der Waals surface area contributed by atoms with Crippen LogP contribution in [0.3, 0.4) is 0 Å². The summed E-state index contributed by atoms with van der Waals surface area (Å²) in [5.41, 5.74) is 1.68. The minimum Gasteiger partial charge on any atom is -0.391 e. The van der Waals surface area contributed by atoms with Crippen LogP contribution in [0, 0.1) is 11.3 Å². The van der Waals surface area contributed by atoms with Gasteiger partial charge in [0.05, 0.1) is 23.4 Å². The number of anilines is 1. The predicted molar refractivity (Wildman–Crippen MR) is 79.2 cm³/mol. The lowest BCUT2D eigenvalue weighted by Gasteiger charge is -2.29. The van der Waals surface area contributed by atoms with Gasteiger partial charge >= 0.3 is 0 Å². The van der Waals surface area contributed by atoms with Gasteiger partial charge in [0.2, 0.25) is 0 Å². The Morgan fingerprint density at radius 1 is 1.53 bits per heavy atom. The number of halogens is 1. The summed E-state index contributed by atoms with van der Waals surface area (Å²) in [5, 5.41) is 18.8. The van der Waals surface area contributed by atoms with Crippen molar-refractivity contribution in [3.63, 3.8) is 0 Å². The Balaban J connectivity index is 2.26. The highest BCUT2D eigenvalue weighted by atomic mass is 79.9. The molecular formula is C14H18BrN3O. The molecule has 0 spiro atoms. The summed E-state index contributed by atoms with van der Waals surface area (Å²) in [6.45, 7) is 1.55. The molecule has 0 aliphatic carbocycles. The summed E-state index contributed by atoms with van der Waals surface area (Å²) in [6.07, 6.45) is 0.498. The number of benzene rings is 1. The summed E-state index contributed by atoms with van der Waals surface area (Å²) in [7, 11) is 4.08. The fourth-order valence-electron chi connectivity index (χ4n) is 2.59. The van der Waals surface area contributed by atoms with Crippen molar-refractivity contribution in [1.82, 2.24) is 4.90 Å². The Bertz CT molecular complexity index is 498. The van der Waals surface area contributed by atoms with Crippen molar-refractivity contribution in [3.8, 4) is 6.07 Å². The standard InChI is InChI=1S/C14H18BrN3O/c1-17(2)8-11-6-12(19)9-18(11)14-4-3-10(7-16)5-13(14)15/h3-5,11-12,19H,6,8-9H2,1-2H3. The number of nitriles is 1. The first-order chi connectivity index (χ1) is 9.01. The van der Waals surface area contributed by atoms with Gasteiger partial charge in [0.15, 0.2) is 0 Å². The molecule has 2 atom stereocenters. The lowest BCUT2D eigenvalue weighted by Crippen LogP contribution is -2.37. The van der Waals surface area contributed by atoms with Crippen LogP contribution in [-0.4, -0.2) is 49.3 Å². The van der Waals surface area contributed by atoms with Crippen LogP contribution >= 0.6 is 15.9 Å². The highest BCUT2D eigenvalue weighted by Gasteiger charge is 2.32. The average Bonchev–Trinajstić information content (AvgIpc) is 2.69.